The fourth-order valence-corrected chi connectivity index (χ4v) is 3.70. The normalized spacial score (nSPS) is 10.8. The summed E-state index contributed by atoms with van der Waals surface area (Å²) in [6.07, 6.45) is 1.57. The van der Waals surface area contributed by atoms with Gasteiger partial charge >= 0.3 is 0 Å². The van der Waals surface area contributed by atoms with Crippen LogP contribution >= 0.6 is 11.8 Å². The molecule has 0 atom stereocenters. The van der Waals surface area contributed by atoms with E-state index in [0.717, 1.165) is 35.5 Å². The van der Waals surface area contributed by atoms with E-state index in [2.05, 4.69) is 15.5 Å². The van der Waals surface area contributed by atoms with Gasteiger partial charge in [0.05, 0.1) is 31.4 Å². The summed E-state index contributed by atoms with van der Waals surface area (Å²) in [4.78, 5) is 12.3. The lowest BCUT2D eigenvalue weighted by atomic mass is 10.2. The SMILES string of the molecule is COc1ccc(-c2nnc(SCC(=O)Nc3cc(F)ccc3F)n2Cc2ccco2)cc1. The number of hydrogen-bond acceptors (Lipinski definition) is 6. The number of carbonyl (C=O) groups is 1. The van der Waals surface area contributed by atoms with E-state index in [9.17, 15) is 13.6 Å². The van der Waals surface area contributed by atoms with E-state index >= 15 is 0 Å². The number of methoxy groups -OCH3 is 1. The van der Waals surface area contributed by atoms with E-state index in [1.54, 1.807) is 19.4 Å². The third-order valence-corrected chi connectivity index (χ3v) is 5.46. The minimum absolute atomic E-state index is 0.0745. The Bertz CT molecular complexity index is 1210. The first-order chi connectivity index (χ1) is 15.5. The zero-order valence-corrected chi connectivity index (χ0v) is 17.7. The summed E-state index contributed by atoms with van der Waals surface area (Å²) in [6, 6.07) is 13.8. The number of nitrogens with zero attached hydrogens (tertiary/aromatic N) is 3. The number of ether oxygens (including phenoxy) is 1. The summed E-state index contributed by atoms with van der Waals surface area (Å²) in [5.74, 6) is 0.0502. The molecule has 32 heavy (non-hydrogen) atoms. The van der Waals surface area contributed by atoms with Gasteiger partial charge < -0.3 is 14.5 Å². The number of hydrogen-bond donors (Lipinski definition) is 1. The molecule has 7 nitrogen and oxygen atoms in total. The van der Waals surface area contributed by atoms with E-state index in [1.165, 1.54) is 0 Å². The Kier molecular flexibility index (Phi) is 6.50. The number of furan rings is 1. The van der Waals surface area contributed by atoms with Crippen LogP contribution in [0.3, 0.4) is 0 Å². The molecule has 0 bridgehead atoms. The van der Waals surface area contributed by atoms with E-state index in [-0.39, 0.29) is 11.4 Å². The average molecular weight is 456 g/mol. The van der Waals surface area contributed by atoms with Gasteiger partial charge in [0, 0.05) is 11.6 Å². The first-order valence-electron chi connectivity index (χ1n) is 9.51. The molecular formula is C22H18F2N4O3S. The van der Waals surface area contributed by atoms with Crippen LogP contribution in [-0.4, -0.2) is 33.5 Å². The van der Waals surface area contributed by atoms with Crippen molar-refractivity contribution in [3.05, 3.63) is 78.3 Å². The topological polar surface area (TPSA) is 82.2 Å². The Labute approximate surface area is 186 Å². The highest BCUT2D eigenvalue weighted by molar-refractivity contribution is 7.99. The summed E-state index contributed by atoms with van der Waals surface area (Å²) in [6.45, 7) is 0.351. The number of anilines is 1. The van der Waals surface area contributed by atoms with Crippen LogP contribution in [0, 0.1) is 11.6 Å². The number of thioether (sulfide) groups is 1. The van der Waals surface area contributed by atoms with E-state index in [0.29, 0.717) is 29.0 Å². The van der Waals surface area contributed by atoms with Gasteiger partial charge in [0.15, 0.2) is 11.0 Å². The van der Waals surface area contributed by atoms with Gasteiger partial charge in [-0.25, -0.2) is 8.78 Å². The van der Waals surface area contributed by atoms with E-state index in [1.807, 2.05) is 34.9 Å². The third-order valence-electron chi connectivity index (χ3n) is 4.49. The van der Waals surface area contributed by atoms with Crippen molar-refractivity contribution in [3.8, 4) is 17.1 Å². The number of nitrogens with one attached hydrogen (secondary N) is 1. The first-order valence-corrected chi connectivity index (χ1v) is 10.5. The quantitative estimate of drug-likeness (QED) is 0.390. The Morgan fingerprint density at radius 3 is 2.69 bits per heavy atom. The van der Waals surface area contributed by atoms with Gasteiger partial charge in [-0.3, -0.25) is 9.36 Å². The second-order valence-corrected chi connectivity index (χ2v) is 7.60. The molecule has 1 N–H and O–H groups in total. The van der Waals surface area contributed by atoms with Gasteiger partial charge in [-0.2, -0.15) is 0 Å². The van der Waals surface area contributed by atoms with E-state index in [4.69, 9.17) is 9.15 Å². The fourth-order valence-electron chi connectivity index (χ4n) is 2.96. The van der Waals surface area contributed by atoms with Crippen molar-refractivity contribution >= 4 is 23.4 Å². The lowest BCUT2D eigenvalue weighted by Gasteiger charge is -2.10. The molecule has 0 spiro atoms. The Balaban J connectivity index is 1.54. The van der Waals surface area contributed by atoms with Gasteiger partial charge in [-0.15, -0.1) is 10.2 Å². The zero-order chi connectivity index (χ0) is 22.5. The molecule has 10 heteroatoms. The van der Waals surface area contributed by atoms with E-state index < -0.39 is 17.5 Å². The molecule has 0 saturated carbocycles. The highest BCUT2D eigenvalue weighted by atomic mass is 32.2. The molecule has 4 aromatic rings. The maximum Gasteiger partial charge on any atom is 0.234 e. The summed E-state index contributed by atoms with van der Waals surface area (Å²) >= 11 is 1.12. The molecule has 164 valence electrons. The van der Waals surface area contributed by atoms with Gasteiger partial charge in [-0.05, 0) is 48.5 Å². The minimum Gasteiger partial charge on any atom is -0.497 e. The van der Waals surface area contributed by atoms with Gasteiger partial charge in [-0.1, -0.05) is 11.8 Å². The standard InChI is InChI=1S/C22H18F2N4O3S/c1-30-16-7-4-14(5-8-16)21-26-27-22(28(21)12-17-3-2-10-31-17)32-13-20(29)25-19-11-15(23)6-9-18(19)24/h2-11H,12-13H2,1H3,(H,25,29). The second kappa shape index (κ2) is 9.65. The second-order valence-electron chi connectivity index (χ2n) is 6.66. The molecule has 0 aliphatic carbocycles. The fraction of sp³-hybridized carbons (Fsp3) is 0.136. The molecule has 2 aromatic heterocycles. The number of aromatic nitrogens is 3. The van der Waals surface area contributed by atoms with Crippen LogP contribution in [0.25, 0.3) is 11.4 Å². The van der Waals surface area contributed by atoms with Gasteiger partial charge in [0.1, 0.15) is 23.1 Å². The van der Waals surface area contributed by atoms with Crippen LogP contribution in [0.5, 0.6) is 5.75 Å². The molecule has 0 saturated heterocycles. The number of rotatable bonds is 8. The van der Waals surface area contributed by atoms with Crippen LogP contribution in [-0.2, 0) is 11.3 Å². The molecule has 0 radical (unpaired) electrons. The van der Waals surface area contributed by atoms with Crippen LogP contribution in [0.2, 0.25) is 0 Å². The molecule has 0 unspecified atom stereocenters. The van der Waals surface area contributed by atoms with Crippen molar-refractivity contribution in [2.45, 2.75) is 11.7 Å². The Morgan fingerprint density at radius 2 is 1.97 bits per heavy atom. The van der Waals surface area contributed by atoms with Crippen molar-refractivity contribution in [3.63, 3.8) is 0 Å². The molecule has 0 aliphatic heterocycles. The third kappa shape index (κ3) is 4.97. The van der Waals surface area contributed by atoms with Crippen molar-refractivity contribution < 1.29 is 22.7 Å². The van der Waals surface area contributed by atoms with Gasteiger partial charge in [0.25, 0.3) is 0 Å². The summed E-state index contributed by atoms with van der Waals surface area (Å²) in [5.41, 5.74) is 0.592. The minimum atomic E-state index is -0.715. The molecule has 0 fully saturated rings. The number of benzene rings is 2. The highest BCUT2D eigenvalue weighted by Crippen LogP contribution is 2.27. The zero-order valence-electron chi connectivity index (χ0n) is 16.9. The lowest BCUT2D eigenvalue weighted by Crippen LogP contribution is -2.16. The monoisotopic (exact) mass is 456 g/mol. The maximum atomic E-state index is 13.8. The molecule has 2 aromatic carbocycles. The smallest absolute Gasteiger partial charge is 0.234 e. The molecule has 1 amide bonds. The lowest BCUT2D eigenvalue weighted by molar-refractivity contribution is -0.113. The largest absolute Gasteiger partial charge is 0.497 e. The Hall–Kier alpha value is -3.66. The van der Waals surface area contributed by atoms with Gasteiger partial charge in [0.2, 0.25) is 5.91 Å². The molecule has 4 rings (SSSR count). The molecule has 2 heterocycles. The molecule has 0 aliphatic rings. The predicted octanol–water partition coefficient (Wildman–Crippen LogP) is 4.60. The average Bonchev–Trinajstić information content (AvgIpc) is 3.45. The number of carbonyl (C=O) groups excluding carboxylic acids is 1. The van der Waals surface area contributed by atoms with Crippen molar-refractivity contribution in [2.75, 3.05) is 18.2 Å². The van der Waals surface area contributed by atoms with Crippen LogP contribution in [0.1, 0.15) is 5.76 Å². The van der Waals surface area contributed by atoms with Crippen molar-refractivity contribution in [1.29, 1.82) is 0 Å². The van der Waals surface area contributed by atoms with Crippen LogP contribution in [0.4, 0.5) is 14.5 Å². The van der Waals surface area contributed by atoms with Crippen molar-refractivity contribution in [2.24, 2.45) is 0 Å². The summed E-state index contributed by atoms with van der Waals surface area (Å²) in [7, 11) is 1.59. The van der Waals surface area contributed by atoms with Crippen LogP contribution in [0.15, 0.2) is 70.4 Å². The Morgan fingerprint density at radius 1 is 1.16 bits per heavy atom. The molecular weight excluding hydrogens is 438 g/mol. The first kappa shape index (κ1) is 21.6. The summed E-state index contributed by atoms with van der Waals surface area (Å²) < 4.78 is 39.6. The van der Waals surface area contributed by atoms with Crippen molar-refractivity contribution in [1.82, 2.24) is 14.8 Å². The maximum absolute atomic E-state index is 13.8. The number of halogens is 2. The van der Waals surface area contributed by atoms with Crippen LogP contribution < -0.4 is 10.1 Å². The summed E-state index contributed by atoms with van der Waals surface area (Å²) in [5, 5.41) is 11.3. The predicted molar refractivity (Wildman–Crippen MR) is 116 cm³/mol. The number of amides is 1. The highest BCUT2D eigenvalue weighted by Gasteiger charge is 2.18.